The maximum atomic E-state index is 13.4. The fraction of sp³-hybridized carbons (Fsp3) is 0.370. The summed E-state index contributed by atoms with van der Waals surface area (Å²) in [5.74, 6) is -0.218. The van der Waals surface area contributed by atoms with Crippen LogP contribution in [-0.4, -0.2) is 67.7 Å². The van der Waals surface area contributed by atoms with Crippen molar-refractivity contribution in [2.45, 2.75) is 23.1 Å². The Kier molecular flexibility index (Phi) is 7.79. The second-order valence-corrected chi connectivity index (χ2v) is 12.9. The number of halogens is 1. The second-order valence-electron chi connectivity index (χ2n) is 9.36. The predicted octanol–water partition coefficient (Wildman–Crippen LogP) is 4.74. The molecule has 0 spiro atoms. The molecule has 0 bridgehead atoms. The topological polar surface area (TPSA) is 60.9 Å². The molecular formula is C27H30ClN3O3S2. The van der Waals surface area contributed by atoms with Gasteiger partial charge in [0.1, 0.15) is 4.21 Å². The van der Waals surface area contributed by atoms with Crippen molar-refractivity contribution in [3.05, 3.63) is 88.3 Å². The van der Waals surface area contributed by atoms with E-state index < -0.39 is 10.0 Å². The average Bonchev–Trinajstić information content (AvgIpc) is 3.47. The van der Waals surface area contributed by atoms with E-state index in [2.05, 4.69) is 41.3 Å². The molecule has 3 heterocycles. The molecule has 9 heteroatoms. The predicted molar refractivity (Wildman–Crippen MR) is 144 cm³/mol. The van der Waals surface area contributed by atoms with Crippen molar-refractivity contribution in [1.29, 1.82) is 0 Å². The minimum absolute atomic E-state index is 0.0727. The number of benzene rings is 2. The molecule has 1 aromatic heterocycles. The first-order valence-corrected chi connectivity index (χ1v) is 15.0. The Labute approximate surface area is 222 Å². The molecule has 0 aliphatic carbocycles. The molecule has 36 heavy (non-hydrogen) atoms. The highest BCUT2D eigenvalue weighted by molar-refractivity contribution is 7.91. The zero-order valence-electron chi connectivity index (χ0n) is 20.0. The number of rotatable bonds is 6. The summed E-state index contributed by atoms with van der Waals surface area (Å²) >= 11 is 7.37. The number of nitrogens with zero attached hydrogens (tertiary/aromatic N) is 3. The van der Waals surface area contributed by atoms with Gasteiger partial charge in [-0.2, -0.15) is 4.31 Å². The maximum absolute atomic E-state index is 13.4. The van der Waals surface area contributed by atoms with E-state index in [-0.39, 0.29) is 24.4 Å². The third-order valence-electron chi connectivity index (χ3n) is 7.11. The van der Waals surface area contributed by atoms with Crippen molar-refractivity contribution in [2.75, 3.05) is 39.3 Å². The van der Waals surface area contributed by atoms with E-state index >= 15 is 0 Å². The summed E-state index contributed by atoms with van der Waals surface area (Å²) in [7, 11) is -3.54. The van der Waals surface area contributed by atoms with E-state index in [1.165, 1.54) is 26.8 Å². The Morgan fingerprint density at radius 1 is 0.889 bits per heavy atom. The summed E-state index contributed by atoms with van der Waals surface area (Å²) in [6, 6.07) is 21.9. The lowest BCUT2D eigenvalue weighted by Gasteiger charge is -2.41. The molecule has 3 aromatic rings. The van der Waals surface area contributed by atoms with Crippen LogP contribution in [0.1, 0.15) is 30.0 Å². The van der Waals surface area contributed by atoms with Gasteiger partial charge in [-0.15, -0.1) is 11.3 Å². The fourth-order valence-corrected chi connectivity index (χ4v) is 8.05. The normalized spacial score (nSPS) is 20.8. The lowest BCUT2D eigenvalue weighted by molar-refractivity contribution is -0.138. The van der Waals surface area contributed by atoms with Gasteiger partial charge in [0.25, 0.3) is 10.0 Å². The van der Waals surface area contributed by atoms with E-state index in [4.69, 9.17) is 11.6 Å². The third kappa shape index (κ3) is 5.38. The zero-order chi connectivity index (χ0) is 25.1. The molecule has 2 saturated heterocycles. The summed E-state index contributed by atoms with van der Waals surface area (Å²) in [6.45, 7) is 3.48. The Morgan fingerprint density at radius 3 is 2.25 bits per heavy atom. The van der Waals surface area contributed by atoms with Gasteiger partial charge < -0.3 is 4.90 Å². The number of amides is 1. The molecule has 2 fully saturated rings. The van der Waals surface area contributed by atoms with E-state index in [9.17, 15) is 13.2 Å². The SMILES string of the molecule is O=C([C@@H]1CCCN(S(=O)(=O)c2cccs2)C1)N1CCN([C@@H](c2ccccc2)c2ccc(Cl)cc2)CC1. The van der Waals surface area contributed by atoms with Crippen LogP contribution in [0.15, 0.2) is 76.3 Å². The summed E-state index contributed by atoms with van der Waals surface area (Å²) in [4.78, 5) is 17.8. The number of hydrogen-bond donors (Lipinski definition) is 0. The molecule has 190 valence electrons. The van der Waals surface area contributed by atoms with Gasteiger partial charge in [-0.05, 0) is 47.5 Å². The van der Waals surface area contributed by atoms with Crippen LogP contribution in [0.3, 0.4) is 0 Å². The highest BCUT2D eigenvalue weighted by Crippen LogP contribution is 2.32. The molecule has 0 radical (unpaired) electrons. The first-order chi connectivity index (χ1) is 17.4. The van der Waals surface area contributed by atoms with Crippen LogP contribution in [-0.2, 0) is 14.8 Å². The van der Waals surface area contributed by atoms with Crippen LogP contribution in [0.2, 0.25) is 5.02 Å². The molecule has 2 aromatic carbocycles. The number of carbonyl (C=O) groups excluding carboxylic acids is 1. The molecule has 2 aliphatic rings. The van der Waals surface area contributed by atoms with E-state index in [1.807, 2.05) is 23.1 Å². The highest BCUT2D eigenvalue weighted by atomic mass is 35.5. The smallest absolute Gasteiger partial charge is 0.252 e. The number of hydrogen-bond acceptors (Lipinski definition) is 5. The summed E-state index contributed by atoms with van der Waals surface area (Å²) < 4.78 is 27.8. The number of sulfonamides is 1. The molecular weight excluding hydrogens is 514 g/mol. The highest BCUT2D eigenvalue weighted by Gasteiger charge is 2.37. The van der Waals surface area contributed by atoms with E-state index in [0.29, 0.717) is 35.3 Å². The Balaban J connectivity index is 1.26. The summed E-state index contributed by atoms with van der Waals surface area (Å²) in [6.07, 6.45) is 1.43. The summed E-state index contributed by atoms with van der Waals surface area (Å²) in [5, 5.41) is 2.48. The van der Waals surface area contributed by atoms with Crippen molar-refractivity contribution in [2.24, 2.45) is 5.92 Å². The molecule has 0 N–H and O–H groups in total. The molecule has 5 rings (SSSR count). The molecule has 0 unspecified atom stereocenters. The van der Waals surface area contributed by atoms with Gasteiger partial charge in [-0.3, -0.25) is 9.69 Å². The van der Waals surface area contributed by atoms with Crippen LogP contribution < -0.4 is 0 Å². The van der Waals surface area contributed by atoms with Crippen molar-refractivity contribution in [1.82, 2.24) is 14.1 Å². The minimum atomic E-state index is -3.54. The first kappa shape index (κ1) is 25.4. The van der Waals surface area contributed by atoms with Crippen molar-refractivity contribution in [3.63, 3.8) is 0 Å². The number of piperidine rings is 1. The van der Waals surface area contributed by atoms with Gasteiger partial charge in [0.05, 0.1) is 12.0 Å². The Morgan fingerprint density at radius 2 is 1.58 bits per heavy atom. The largest absolute Gasteiger partial charge is 0.340 e. The molecule has 0 saturated carbocycles. The molecule has 6 nitrogen and oxygen atoms in total. The Bertz CT molecular complexity index is 1260. The van der Waals surface area contributed by atoms with Gasteiger partial charge in [0.2, 0.25) is 5.91 Å². The zero-order valence-corrected chi connectivity index (χ0v) is 22.4. The first-order valence-electron chi connectivity index (χ1n) is 12.3. The van der Waals surface area contributed by atoms with Crippen LogP contribution in [0.25, 0.3) is 0 Å². The minimum Gasteiger partial charge on any atom is -0.340 e. The van der Waals surface area contributed by atoms with Gasteiger partial charge in [0.15, 0.2) is 0 Å². The monoisotopic (exact) mass is 543 g/mol. The second kappa shape index (κ2) is 11.0. The van der Waals surface area contributed by atoms with Gasteiger partial charge in [-0.25, -0.2) is 8.42 Å². The Hall–Kier alpha value is -2.23. The summed E-state index contributed by atoms with van der Waals surface area (Å²) in [5.41, 5.74) is 2.38. The van der Waals surface area contributed by atoms with Crippen LogP contribution in [0.5, 0.6) is 0 Å². The van der Waals surface area contributed by atoms with Crippen molar-refractivity contribution in [3.8, 4) is 0 Å². The standard InChI is InChI=1S/C27H30ClN3O3S2/c28-24-12-10-22(11-13-24)26(21-6-2-1-3-7-21)29-15-17-30(18-16-29)27(32)23-8-4-14-31(20-23)36(33,34)25-9-5-19-35-25/h1-3,5-7,9-13,19,23,26H,4,8,14-18,20H2/t23-,26+/m1/s1. The number of thiophene rings is 1. The third-order valence-corrected chi connectivity index (χ3v) is 10.6. The quantitative estimate of drug-likeness (QED) is 0.451. The van der Waals surface area contributed by atoms with E-state index in [0.717, 1.165) is 19.5 Å². The van der Waals surface area contributed by atoms with Gasteiger partial charge in [-0.1, -0.05) is 60.1 Å². The van der Waals surface area contributed by atoms with E-state index in [1.54, 1.807) is 17.5 Å². The fourth-order valence-electron chi connectivity index (χ4n) is 5.25. The lowest BCUT2D eigenvalue weighted by atomic mass is 9.95. The van der Waals surface area contributed by atoms with Gasteiger partial charge >= 0.3 is 0 Å². The van der Waals surface area contributed by atoms with Crippen molar-refractivity contribution < 1.29 is 13.2 Å². The van der Waals surface area contributed by atoms with Crippen LogP contribution in [0, 0.1) is 5.92 Å². The van der Waals surface area contributed by atoms with Crippen molar-refractivity contribution >= 4 is 38.9 Å². The number of carbonyl (C=O) groups is 1. The lowest BCUT2D eigenvalue weighted by Crippen LogP contribution is -2.53. The van der Waals surface area contributed by atoms with Crippen LogP contribution >= 0.6 is 22.9 Å². The van der Waals surface area contributed by atoms with Crippen LogP contribution in [0.4, 0.5) is 0 Å². The maximum Gasteiger partial charge on any atom is 0.252 e. The van der Waals surface area contributed by atoms with Gasteiger partial charge in [0, 0.05) is 44.3 Å². The molecule has 1 amide bonds. The average molecular weight is 544 g/mol. The molecule has 2 atom stereocenters. The number of piperazine rings is 1. The molecule has 2 aliphatic heterocycles.